The number of pyridine rings is 1. The number of piperidine rings is 1. The average molecular weight is 648 g/mol. The van der Waals surface area contributed by atoms with Crippen LogP contribution < -0.4 is 15.6 Å². The Hall–Kier alpha value is -4.51. The van der Waals surface area contributed by atoms with E-state index in [9.17, 15) is 14.0 Å². The first-order valence-corrected chi connectivity index (χ1v) is 16.0. The number of benzene rings is 2. The summed E-state index contributed by atoms with van der Waals surface area (Å²) in [6.07, 6.45) is 10.2. The van der Waals surface area contributed by atoms with Crippen LogP contribution in [0.1, 0.15) is 73.9 Å². The van der Waals surface area contributed by atoms with Crippen LogP contribution in [0.25, 0.3) is 0 Å². The molecule has 0 radical (unpaired) electrons. The summed E-state index contributed by atoms with van der Waals surface area (Å²) in [4.78, 5) is 28.2. The predicted octanol–water partition coefficient (Wildman–Crippen LogP) is 6.84. The maximum atomic E-state index is 15.5. The van der Waals surface area contributed by atoms with Crippen molar-refractivity contribution in [3.8, 4) is 11.5 Å². The number of ether oxygens (including phenoxy) is 1. The standard InChI is InChI=1S/C36H40F3N5O3/c1-22(2)32(40)10-11-33(41)28-9-8-27(18-31(28)39)47-34-19-29(30(38)17-23(34)20-44-21-24(37)7-12-35(44)45)36(46)42-25-13-15-43(16-14-25)26-5-3-4-6-26/h7-12,17-19,21-22,25-26,40-41H,3-6,13-16,20H2,1-2H3,(H,42,46)/b11-10-,40-32?,41-33?. The molecule has 11 heteroatoms. The van der Waals surface area contributed by atoms with Crippen LogP contribution in [-0.2, 0) is 6.54 Å². The van der Waals surface area contributed by atoms with Crippen molar-refractivity contribution in [2.45, 2.75) is 71.0 Å². The van der Waals surface area contributed by atoms with Gasteiger partial charge < -0.3 is 30.3 Å². The first-order valence-electron chi connectivity index (χ1n) is 16.0. The number of carbonyl (C=O) groups is 1. The van der Waals surface area contributed by atoms with E-state index in [0.29, 0.717) is 11.8 Å². The molecular formula is C36H40F3N5O3. The monoisotopic (exact) mass is 647 g/mol. The van der Waals surface area contributed by atoms with Gasteiger partial charge >= 0.3 is 0 Å². The Kier molecular flexibility index (Phi) is 10.8. The first kappa shape index (κ1) is 33.8. The quantitative estimate of drug-likeness (QED) is 0.198. The minimum absolute atomic E-state index is 0.00282. The van der Waals surface area contributed by atoms with Crippen LogP contribution in [0.5, 0.6) is 11.5 Å². The predicted molar refractivity (Wildman–Crippen MR) is 175 cm³/mol. The molecule has 2 heterocycles. The fourth-order valence-corrected chi connectivity index (χ4v) is 6.10. The van der Waals surface area contributed by atoms with Crippen molar-refractivity contribution in [1.82, 2.24) is 14.8 Å². The Morgan fingerprint density at radius 2 is 1.66 bits per heavy atom. The summed E-state index contributed by atoms with van der Waals surface area (Å²) >= 11 is 0. The van der Waals surface area contributed by atoms with E-state index >= 15 is 8.78 Å². The number of nitrogens with one attached hydrogen (secondary N) is 3. The van der Waals surface area contributed by atoms with Gasteiger partial charge in [0.1, 0.15) is 29.0 Å². The van der Waals surface area contributed by atoms with E-state index in [0.717, 1.165) is 61.0 Å². The number of amides is 1. The van der Waals surface area contributed by atoms with E-state index in [1.165, 1.54) is 56.0 Å². The minimum Gasteiger partial charge on any atom is -0.457 e. The Morgan fingerprint density at radius 3 is 2.34 bits per heavy atom. The van der Waals surface area contributed by atoms with E-state index in [2.05, 4.69) is 10.2 Å². The second-order valence-electron chi connectivity index (χ2n) is 12.6. The van der Waals surface area contributed by atoms with Crippen LogP contribution in [0.2, 0.25) is 0 Å². The zero-order valence-electron chi connectivity index (χ0n) is 26.6. The summed E-state index contributed by atoms with van der Waals surface area (Å²) in [5.41, 5.74) is -0.536. The number of rotatable bonds is 11. The summed E-state index contributed by atoms with van der Waals surface area (Å²) in [5.74, 6) is -2.95. The summed E-state index contributed by atoms with van der Waals surface area (Å²) in [7, 11) is 0. The first-order chi connectivity index (χ1) is 22.5. The third kappa shape index (κ3) is 8.45. The molecule has 1 aliphatic heterocycles. The highest BCUT2D eigenvalue weighted by molar-refractivity contribution is 6.10. The summed E-state index contributed by atoms with van der Waals surface area (Å²) < 4.78 is 51.7. The van der Waals surface area contributed by atoms with E-state index < -0.39 is 28.9 Å². The molecule has 1 amide bonds. The number of nitrogens with zero attached hydrogens (tertiary/aromatic N) is 2. The lowest BCUT2D eigenvalue weighted by molar-refractivity contribution is 0.0888. The van der Waals surface area contributed by atoms with Gasteiger partial charge in [-0.2, -0.15) is 0 Å². The maximum Gasteiger partial charge on any atom is 0.254 e. The van der Waals surface area contributed by atoms with Crippen LogP contribution in [0.4, 0.5) is 13.2 Å². The van der Waals surface area contributed by atoms with Gasteiger partial charge in [0.15, 0.2) is 0 Å². The van der Waals surface area contributed by atoms with Crippen LogP contribution in [0.3, 0.4) is 0 Å². The van der Waals surface area contributed by atoms with Crippen LogP contribution in [-0.4, -0.2) is 52.0 Å². The Balaban J connectivity index is 1.38. The van der Waals surface area contributed by atoms with Crippen molar-refractivity contribution in [2.75, 3.05) is 13.1 Å². The fraction of sp³-hybridized carbons (Fsp3) is 0.389. The molecule has 248 valence electrons. The zero-order chi connectivity index (χ0) is 33.7. The zero-order valence-corrected chi connectivity index (χ0v) is 26.6. The van der Waals surface area contributed by atoms with Crippen molar-refractivity contribution in [3.63, 3.8) is 0 Å². The van der Waals surface area contributed by atoms with E-state index in [4.69, 9.17) is 15.6 Å². The van der Waals surface area contributed by atoms with E-state index in [-0.39, 0.29) is 52.4 Å². The molecule has 5 rings (SSSR count). The normalized spacial score (nSPS) is 16.2. The number of halogens is 3. The molecule has 0 unspecified atom stereocenters. The van der Waals surface area contributed by atoms with Crippen LogP contribution in [0.15, 0.2) is 65.6 Å². The number of hydrogen-bond donors (Lipinski definition) is 3. The molecule has 2 fully saturated rings. The highest BCUT2D eigenvalue weighted by atomic mass is 19.1. The lowest BCUT2D eigenvalue weighted by Crippen LogP contribution is -2.47. The molecule has 1 saturated carbocycles. The van der Waals surface area contributed by atoms with Crippen molar-refractivity contribution < 1.29 is 22.7 Å². The fourth-order valence-electron chi connectivity index (χ4n) is 6.10. The average Bonchev–Trinajstić information content (AvgIpc) is 3.58. The molecule has 8 nitrogen and oxygen atoms in total. The largest absolute Gasteiger partial charge is 0.457 e. The molecule has 1 aromatic heterocycles. The van der Waals surface area contributed by atoms with Gasteiger partial charge in [0, 0.05) is 60.3 Å². The summed E-state index contributed by atoms with van der Waals surface area (Å²) in [6.45, 7) is 5.13. The minimum atomic E-state index is -0.841. The molecule has 0 spiro atoms. The molecule has 2 aliphatic rings. The van der Waals surface area contributed by atoms with Crippen molar-refractivity contribution in [2.24, 2.45) is 5.92 Å². The van der Waals surface area contributed by atoms with Gasteiger partial charge in [-0.1, -0.05) is 26.7 Å². The molecule has 1 saturated heterocycles. The van der Waals surface area contributed by atoms with E-state index in [1.54, 1.807) is 0 Å². The Morgan fingerprint density at radius 1 is 0.957 bits per heavy atom. The van der Waals surface area contributed by atoms with Gasteiger partial charge in [-0.25, -0.2) is 13.2 Å². The van der Waals surface area contributed by atoms with Crippen molar-refractivity contribution in [3.05, 3.63) is 105 Å². The highest BCUT2D eigenvalue weighted by Crippen LogP contribution is 2.31. The lowest BCUT2D eigenvalue weighted by Gasteiger charge is -2.36. The van der Waals surface area contributed by atoms with Gasteiger partial charge in [-0.05, 0) is 74.1 Å². The third-order valence-electron chi connectivity index (χ3n) is 8.90. The molecule has 1 aliphatic carbocycles. The SMILES string of the molecule is CC(C)C(=N)/C=C\C(=N)c1ccc(Oc2cc(C(=O)NC3CCN(C4CCCC4)CC3)c(F)cc2Cn2cc(F)ccc2=O)cc1F. The van der Waals surface area contributed by atoms with Crippen molar-refractivity contribution >= 4 is 17.3 Å². The molecule has 2 aromatic carbocycles. The van der Waals surface area contributed by atoms with Gasteiger partial charge in [-0.3, -0.25) is 9.59 Å². The van der Waals surface area contributed by atoms with Gasteiger partial charge in [0.2, 0.25) is 0 Å². The maximum absolute atomic E-state index is 15.5. The lowest BCUT2D eigenvalue weighted by atomic mass is 10.0. The van der Waals surface area contributed by atoms with Crippen LogP contribution in [0, 0.1) is 34.2 Å². The van der Waals surface area contributed by atoms with Gasteiger partial charge in [-0.15, -0.1) is 0 Å². The number of carbonyl (C=O) groups excluding carboxylic acids is 1. The summed E-state index contributed by atoms with van der Waals surface area (Å²) in [6, 6.07) is 8.66. The summed E-state index contributed by atoms with van der Waals surface area (Å²) in [5, 5.41) is 19.1. The molecule has 0 atom stereocenters. The van der Waals surface area contributed by atoms with Crippen LogP contribution >= 0.6 is 0 Å². The number of aromatic nitrogens is 1. The number of hydrogen-bond acceptors (Lipinski definition) is 6. The number of allylic oxidation sites excluding steroid dienone is 2. The second-order valence-corrected chi connectivity index (χ2v) is 12.6. The highest BCUT2D eigenvalue weighted by Gasteiger charge is 2.28. The molecule has 3 N–H and O–H groups in total. The van der Waals surface area contributed by atoms with Gasteiger partial charge in [0.25, 0.3) is 11.5 Å². The third-order valence-corrected chi connectivity index (χ3v) is 8.90. The Bertz CT molecular complexity index is 1740. The molecular weight excluding hydrogens is 607 g/mol. The Labute approximate surface area is 272 Å². The van der Waals surface area contributed by atoms with Gasteiger partial charge in [0.05, 0.1) is 17.8 Å². The smallest absolute Gasteiger partial charge is 0.254 e. The molecule has 0 bridgehead atoms. The van der Waals surface area contributed by atoms with Crippen molar-refractivity contribution in [1.29, 1.82) is 10.8 Å². The van der Waals surface area contributed by atoms with E-state index in [1.807, 2.05) is 13.8 Å². The molecule has 47 heavy (non-hydrogen) atoms. The topological polar surface area (TPSA) is 111 Å². The molecule has 3 aromatic rings. The number of likely N-dealkylation sites (tertiary alicyclic amines) is 1. The second kappa shape index (κ2) is 14.9.